The lowest BCUT2D eigenvalue weighted by Crippen LogP contribution is -2.07. The molecular formula is C14H27N3O2. The third-order valence-electron chi connectivity index (χ3n) is 2.60. The van der Waals surface area contributed by atoms with E-state index in [0.717, 1.165) is 25.3 Å². The average Bonchev–Trinajstić information content (AvgIpc) is 2.74. The summed E-state index contributed by atoms with van der Waals surface area (Å²) in [6, 6.07) is 0. The minimum absolute atomic E-state index is 0.506. The molecule has 0 aromatic carbocycles. The Morgan fingerprint density at radius 1 is 1.05 bits per heavy atom. The smallest absolute Gasteiger partial charge is 0.108 e. The zero-order valence-electron chi connectivity index (χ0n) is 12.6. The van der Waals surface area contributed by atoms with E-state index in [9.17, 15) is 0 Å². The highest BCUT2D eigenvalue weighted by Crippen LogP contribution is 2.01. The molecule has 0 aliphatic rings. The monoisotopic (exact) mass is 269 g/mol. The van der Waals surface area contributed by atoms with Gasteiger partial charge in [-0.25, -0.2) is 0 Å². The van der Waals surface area contributed by atoms with Crippen LogP contribution in [0, 0.1) is 11.8 Å². The molecule has 19 heavy (non-hydrogen) atoms. The Kier molecular flexibility index (Phi) is 7.67. The molecule has 5 nitrogen and oxygen atoms in total. The summed E-state index contributed by atoms with van der Waals surface area (Å²) < 4.78 is 12.8. The highest BCUT2D eigenvalue weighted by Gasteiger charge is 2.02. The lowest BCUT2D eigenvalue weighted by molar-refractivity contribution is 0.0361. The van der Waals surface area contributed by atoms with Gasteiger partial charge in [0, 0.05) is 13.2 Å². The number of aromatic nitrogens is 3. The van der Waals surface area contributed by atoms with Gasteiger partial charge in [0.15, 0.2) is 0 Å². The zero-order chi connectivity index (χ0) is 14.1. The highest BCUT2D eigenvalue weighted by molar-refractivity contribution is 4.89. The Morgan fingerprint density at radius 3 is 2.47 bits per heavy atom. The van der Waals surface area contributed by atoms with Crippen LogP contribution in [0.1, 0.15) is 39.8 Å². The Hall–Kier alpha value is -0.940. The first-order valence-electron chi connectivity index (χ1n) is 7.12. The molecule has 0 aliphatic carbocycles. The number of hydrogen-bond donors (Lipinski definition) is 0. The third-order valence-corrected chi connectivity index (χ3v) is 2.60. The Balaban J connectivity index is 2.04. The van der Waals surface area contributed by atoms with Gasteiger partial charge in [0.1, 0.15) is 5.69 Å². The van der Waals surface area contributed by atoms with E-state index in [2.05, 4.69) is 38.0 Å². The topological polar surface area (TPSA) is 49.2 Å². The number of rotatable bonds is 10. The van der Waals surface area contributed by atoms with E-state index in [4.69, 9.17) is 9.47 Å². The molecule has 0 unspecified atom stereocenters. The van der Waals surface area contributed by atoms with E-state index in [1.807, 2.05) is 10.9 Å². The van der Waals surface area contributed by atoms with E-state index in [1.54, 1.807) is 0 Å². The number of hydrogen-bond acceptors (Lipinski definition) is 4. The van der Waals surface area contributed by atoms with Crippen LogP contribution >= 0.6 is 0 Å². The molecule has 110 valence electrons. The van der Waals surface area contributed by atoms with E-state index in [1.165, 1.54) is 0 Å². The van der Waals surface area contributed by atoms with Gasteiger partial charge in [0.25, 0.3) is 0 Å². The van der Waals surface area contributed by atoms with E-state index in [-0.39, 0.29) is 0 Å². The van der Waals surface area contributed by atoms with Crippen LogP contribution in [0.2, 0.25) is 0 Å². The second-order valence-electron chi connectivity index (χ2n) is 5.67. The molecule has 0 atom stereocenters. The minimum atomic E-state index is 0.506. The van der Waals surface area contributed by atoms with Crippen molar-refractivity contribution in [2.45, 2.75) is 47.3 Å². The predicted molar refractivity (Wildman–Crippen MR) is 74.8 cm³/mol. The van der Waals surface area contributed by atoms with E-state index >= 15 is 0 Å². The second-order valence-corrected chi connectivity index (χ2v) is 5.67. The van der Waals surface area contributed by atoms with Gasteiger partial charge >= 0.3 is 0 Å². The molecule has 0 spiro atoms. The molecule has 0 saturated carbocycles. The van der Waals surface area contributed by atoms with Crippen molar-refractivity contribution in [2.75, 3.05) is 19.8 Å². The fraction of sp³-hybridized carbons (Fsp3) is 0.857. The van der Waals surface area contributed by atoms with E-state index in [0.29, 0.717) is 31.7 Å². The number of nitrogens with zero attached hydrogens (tertiary/aromatic N) is 3. The van der Waals surface area contributed by atoms with Gasteiger partial charge in [-0.2, -0.15) is 0 Å². The molecular weight excluding hydrogens is 242 g/mol. The van der Waals surface area contributed by atoms with Crippen LogP contribution in [0.4, 0.5) is 0 Å². The van der Waals surface area contributed by atoms with Crippen molar-refractivity contribution in [1.29, 1.82) is 0 Å². The summed E-state index contributed by atoms with van der Waals surface area (Å²) in [7, 11) is 0. The van der Waals surface area contributed by atoms with Gasteiger partial charge in [-0.05, 0) is 18.3 Å². The van der Waals surface area contributed by atoms with Crippen LogP contribution in [0.5, 0.6) is 0 Å². The molecule has 1 aromatic rings. The number of ether oxygens (including phenoxy) is 2. The maximum absolute atomic E-state index is 5.50. The van der Waals surface area contributed by atoms with E-state index < -0.39 is 0 Å². The van der Waals surface area contributed by atoms with Crippen LogP contribution in [0.3, 0.4) is 0 Å². The van der Waals surface area contributed by atoms with Gasteiger partial charge in [-0.3, -0.25) is 4.68 Å². The van der Waals surface area contributed by atoms with Gasteiger partial charge in [-0.15, -0.1) is 5.10 Å². The zero-order valence-corrected chi connectivity index (χ0v) is 12.6. The predicted octanol–water partition coefficient (Wildman–Crippen LogP) is 2.51. The van der Waals surface area contributed by atoms with Crippen molar-refractivity contribution in [3.05, 3.63) is 11.9 Å². The molecule has 0 aliphatic heterocycles. The van der Waals surface area contributed by atoms with Gasteiger partial charge in [-0.1, -0.05) is 32.9 Å². The standard InChI is InChI=1S/C14H27N3O2/c1-12(2)5-6-18-7-8-19-11-14-10-17(16-15-14)9-13(3)4/h10,12-13H,5-9,11H2,1-4H3. The third kappa shape index (κ3) is 7.95. The second kappa shape index (κ2) is 9.04. The first-order valence-corrected chi connectivity index (χ1v) is 7.12. The SMILES string of the molecule is CC(C)CCOCCOCc1cn(CC(C)C)nn1. The van der Waals surface area contributed by atoms with Crippen LogP contribution < -0.4 is 0 Å². The largest absolute Gasteiger partial charge is 0.379 e. The fourth-order valence-electron chi connectivity index (χ4n) is 1.58. The van der Waals surface area contributed by atoms with Gasteiger partial charge < -0.3 is 9.47 Å². The van der Waals surface area contributed by atoms with Gasteiger partial charge in [0.2, 0.25) is 0 Å². The molecule has 0 bridgehead atoms. The molecule has 0 N–H and O–H groups in total. The van der Waals surface area contributed by atoms with Crippen molar-refractivity contribution >= 4 is 0 Å². The Morgan fingerprint density at radius 2 is 1.79 bits per heavy atom. The van der Waals surface area contributed by atoms with Crippen molar-refractivity contribution in [3.8, 4) is 0 Å². The molecule has 0 fully saturated rings. The summed E-state index contributed by atoms with van der Waals surface area (Å²) in [4.78, 5) is 0. The maximum Gasteiger partial charge on any atom is 0.108 e. The quantitative estimate of drug-likeness (QED) is 0.612. The van der Waals surface area contributed by atoms with Crippen molar-refractivity contribution in [1.82, 2.24) is 15.0 Å². The van der Waals surface area contributed by atoms with Crippen LogP contribution in [0.15, 0.2) is 6.20 Å². The summed E-state index contributed by atoms with van der Waals surface area (Å²) in [5.41, 5.74) is 0.878. The molecule has 1 aromatic heterocycles. The average molecular weight is 269 g/mol. The lowest BCUT2D eigenvalue weighted by atomic mass is 10.1. The Bertz CT molecular complexity index is 337. The lowest BCUT2D eigenvalue weighted by Gasteiger charge is -2.06. The van der Waals surface area contributed by atoms with Crippen LogP contribution in [0.25, 0.3) is 0 Å². The Labute approximate surface area is 116 Å². The molecule has 1 rings (SSSR count). The summed E-state index contributed by atoms with van der Waals surface area (Å²) in [6.45, 7) is 12.2. The normalized spacial score (nSPS) is 11.7. The minimum Gasteiger partial charge on any atom is -0.379 e. The van der Waals surface area contributed by atoms with Gasteiger partial charge in [0.05, 0.1) is 26.0 Å². The highest BCUT2D eigenvalue weighted by atomic mass is 16.5. The molecule has 0 radical (unpaired) electrons. The summed E-state index contributed by atoms with van der Waals surface area (Å²) in [5, 5.41) is 8.13. The molecule has 0 saturated heterocycles. The fourth-order valence-corrected chi connectivity index (χ4v) is 1.58. The van der Waals surface area contributed by atoms with Crippen LogP contribution in [-0.4, -0.2) is 34.8 Å². The summed E-state index contributed by atoms with van der Waals surface area (Å²) in [5.74, 6) is 1.27. The first kappa shape index (κ1) is 16.1. The van der Waals surface area contributed by atoms with Crippen molar-refractivity contribution in [3.63, 3.8) is 0 Å². The first-order chi connectivity index (χ1) is 9.08. The molecule has 0 amide bonds. The molecule has 1 heterocycles. The maximum atomic E-state index is 5.50. The molecule has 5 heteroatoms. The van der Waals surface area contributed by atoms with Crippen molar-refractivity contribution in [2.24, 2.45) is 11.8 Å². The summed E-state index contributed by atoms with van der Waals surface area (Å²) >= 11 is 0. The van der Waals surface area contributed by atoms with Crippen molar-refractivity contribution < 1.29 is 9.47 Å². The van der Waals surface area contributed by atoms with Crippen LogP contribution in [-0.2, 0) is 22.6 Å². The summed E-state index contributed by atoms with van der Waals surface area (Å²) in [6.07, 6.45) is 3.04.